The van der Waals surface area contributed by atoms with Gasteiger partial charge in [-0.3, -0.25) is 4.79 Å². The normalized spacial score (nSPS) is 24.5. The van der Waals surface area contributed by atoms with Gasteiger partial charge in [-0.15, -0.1) is 0 Å². The zero-order valence-electron chi connectivity index (χ0n) is 17.7. The molecule has 2 aliphatic heterocycles. The quantitative estimate of drug-likeness (QED) is 0.625. The highest BCUT2D eigenvalue weighted by Crippen LogP contribution is 2.29. The van der Waals surface area contributed by atoms with Crippen molar-refractivity contribution in [3.63, 3.8) is 0 Å². The van der Waals surface area contributed by atoms with Crippen molar-refractivity contribution in [1.82, 2.24) is 19.1 Å². The lowest BCUT2D eigenvalue weighted by Gasteiger charge is -2.34. The largest absolute Gasteiger partial charge is 0.382 e. The molecule has 2 aliphatic rings. The molecule has 9 nitrogen and oxygen atoms in total. The van der Waals surface area contributed by atoms with Crippen molar-refractivity contribution in [1.29, 1.82) is 0 Å². The van der Waals surface area contributed by atoms with E-state index in [1.807, 2.05) is 0 Å². The van der Waals surface area contributed by atoms with Crippen LogP contribution in [0.2, 0.25) is 10.0 Å². The van der Waals surface area contributed by atoms with Crippen LogP contribution in [0.4, 0.5) is 10.1 Å². The maximum Gasteiger partial charge on any atom is 0.288 e. The molecule has 13 heteroatoms. The van der Waals surface area contributed by atoms with E-state index in [0.717, 1.165) is 28.4 Å². The Kier molecular flexibility index (Phi) is 7.54. The van der Waals surface area contributed by atoms with E-state index < -0.39 is 34.3 Å². The van der Waals surface area contributed by atoms with Crippen molar-refractivity contribution < 1.29 is 17.5 Å². The summed E-state index contributed by atoms with van der Waals surface area (Å²) in [6.07, 6.45) is 3.03. The molecule has 0 spiro atoms. The summed E-state index contributed by atoms with van der Waals surface area (Å²) in [6.45, 7) is 1.57. The minimum atomic E-state index is -3.99. The van der Waals surface area contributed by atoms with Gasteiger partial charge in [0.2, 0.25) is 0 Å². The summed E-state index contributed by atoms with van der Waals surface area (Å²) in [6, 6.07) is 1.75. The van der Waals surface area contributed by atoms with Gasteiger partial charge in [-0.05, 0) is 37.3 Å². The number of nitrogens with one attached hydrogen (secondary N) is 1. The topological polar surface area (TPSA) is 106 Å². The molecule has 0 saturated carbocycles. The summed E-state index contributed by atoms with van der Waals surface area (Å²) in [5, 5.41) is 7.26. The van der Waals surface area contributed by atoms with E-state index in [1.165, 1.54) is 24.5 Å². The van der Waals surface area contributed by atoms with Crippen LogP contribution in [0.1, 0.15) is 25.3 Å². The SMILES string of the molecule is O=c1c(Cl)c(NC[C@@H]2CCCOC2)cnn1[C@H]1CCN(S(=O)(=O)c2ccc(Cl)cn2)C[C@@H]1F. The average molecular weight is 520 g/mol. The van der Waals surface area contributed by atoms with Gasteiger partial charge < -0.3 is 10.1 Å². The van der Waals surface area contributed by atoms with E-state index in [2.05, 4.69) is 15.4 Å². The molecule has 0 aliphatic carbocycles. The van der Waals surface area contributed by atoms with Gasteiger partial charge in [0.05, 0.1) is 29.6 Å². The number of piperidine rings is 1. The Hall–Kier alpha value is -1.79. The number of rotatable bonds is 6. The van der Waals surface area contributed by atoms with Gasteiger partial charge in [0, 0.05) is 32.4 Å². The predicted molar refractivity (Wildman–Crippen MR) is 122 cm³/mol. The fraction of sp³-hybridized carbons (Fsp3) is 0.550. The number of pyridine rings is 1. The number of ether oxygens (including phenoxy) is 1. The second-order valence-corrected chi connectivity index (χ2v) is 10.8. The molecular formula is C20H24Cl2FN5O4S. The molecule has 0 aromatic carbocycles. The molecule has 3 atom stereocenters. The van der Waals surface area contributed by atoms with Gasteiger partial charge in [0.1, 0.15) is 11.2 Å². The molecule has 4 rings (SSSR count). The van der Waals surface area contributed by atoms with Crippen LogP contribution in [0.5, 0.6) is 0 Å². The molecule has 1 N–H and O–H groups in total. The number of anilines is 1. The van der Waals surface area contributed by atoms with Crippen LogP contribution < -0.4 is 10.9 Å². The van der Waals surface area contributed by atoms with E-state index in [4.69, 9.17) is 27.9 Å². The van der Waals surface area contributed by atoms with Crippen LogP contribution in [-0.4, -0.2) is 66.5 Å². The van der Waals surface area contributed by atoms with Gasteiger partial charge in [0.15, 0.2) is 5.03 Å². The van der Waals surface area contributed by atoms with E-state index in [1.54, 1.807) is 0 Å². The van der Waals surface area contributed by atoms with Gasteiger partial charge in [-0.1, -0.05) is 23.2 Å². The smallest absolute Gasteiger partial charge is 0.288 e. The van der Waals surface area contributed by atoms with Crippen molar-refractivity contribution in [2.24, 2.45) is 5.92 Å². The molecule has 2 aromatic heterocycles. The fourth-order valence-electron chi connectivity index (χ4n) is 4.03. The first-order chi connectivity index (χ1) is 15.8. The fourth-order valence-corrected chi connectivity index (χ4v) is 5.72. The molecule has 180 valence electrons. The number of hydrogen-bond acceptors (Lipinski definition) is 7. The molecular weight excluding hydrogens is 496 g/mol. The number of nitrogens with zero attached hydrogens (tertiary/aromatic N) is 4. The molecule has 0 bridgehead atoms. The summed E-state index contributed by atoms with van der Waals surface area (Å²) in [5.41, 5.74) is -0.238. The van der Waals surface area contributed by atoms with Gasteiger partial charge in [-0.2, -0.15) is 9.40 Å². The van der Waals surface area contributed by atoms with Crippen LogP contribution in [0.15, 0.2) is 34.3 Å². The monoisotopic (exact) mass is 519 g/mol. The highest BCUT2D eigenvalue weighted by Gasteiger charge is 2.38. The molecule has 0 radical (unpaired) electrons. The van der Waals surface area contributed by atoms with E-state index in [9.17, 15) is 13.2 Å². The Balaban J connectivity index is 1.45. The van der Waals surface area contributed by atoms with Gasteiger partial charge in [0.25, 0.3) is 15.6 Å². The van der Waals surface area contributed by atoms with E-state index in [-0.39, 0.29) is 23.0 Å². The van der Waals surface area contributed by atoms with Crippen LogP contribution >= 0.6 is 23.2 Å². The molecule has 0 amide bonds. The Morgan fingerprint density at radius 1 is 1.24 bits per heavy atom. The number of alkyl halides is 1. The van der Waals surface area contributed by atoms with E-state index >= 15 is 4.39 Å². The Labute approximate surface area is 200 Å². The molecule has 0 unspecified atom stereocenters. The van der Waals surface area contributed by atoms with Crippen molar-refractivity contribution in [2.45, 2.75) is 36.5 Å². The molecule has 33 heavy (non-hydrogen) atoms. The van der Waals surface area contributed by atoms with Crippen LogP contribution in [-0.2, 0) is 14.8 Å². The number of hydrogen-bond donors (Lipinski definition) is 1. The van der Waals surface area contributed by atoms with Gasteiger partial charge >= 0.3 is 0 Å². The van der Waals surface area contributed by atoms with Gasteiger partial charge in [-0.25, -0.2) is 22.5 Å². The average Bonchev–Trinajstić information content (AvgIpc) is 2.81. The third-order valence-corrected chi connectivity index (χ3v) is 8.24. The molecule has 2 saturated heterocycles. The zero-order chi connectivity index (χ0) is 23.6. The maximum absolute atomic E-state index is 15.1. The lowest BCUT2D eigenvalue weighted by Crippen LogP contribution is -2.48. The molecule has 2 aromatic rings. The van der Waals surface area contributed by atoms with Crippen LogP contribution in [0, 0.1) is 5.92 Å². The molecule has 4 heterocycles. The number of aromatic nitrogens is 3. The lowest BCUT2D eigenvalue weighted by molar-refractivity contribution is 0.0595. The standard InChI is InChI=1S/C20H24Cl2FN5O4S/c21-14-3-4-18(25-9-14)33(30,31)27-6-5-17(15(23)11-27)28-20(29)19(22)16(10-26-28)24-8-13-2-1-7-32-12-13/h3-4,9-10,13,15,17,24H,1-2,5-8,11-12H2/t13-,15-,17-/m0/s1. The first kappa shape index (κ1) is 24.3. The van der Waals surface area contributed by atoms with Crippen molar-refractivity contribution >= 4 is 38.9 Å². The third kappa shape index (κ3) is 5.32. The van der Waals surface area contributed by atoms with Crippen molar-refractivity contribution in [3.05, 3.63) is 44.9 Å². The zero-order valence-corrected chi connectivity index (χ0v) is 20.0. The highest BCUT2D eigenvalue weighted by atomic mass is 35.5. The minimum absolute atomic E-state index is 0.00511. The second kappa shape index (κ2) is 10.2. The van der Waals surface area contributed by atoms with E-state index in [0.29, 0.717) is 29.8 Å². The Morgan fingerprint density at radius 2 is 2.06 bits per heavy atom. The Morgan fingerprint density at radius 3 is 2.73 bits per heavy atom. The summed E-state index contributed by atoms with van der Waals surface area (Å²) in [7, 11) is -3.99. The maximum atomic E-state index is 15.1. The van der Waals surface area contributed by atoms with Crippen LogP contribution in [0.3, 0.4) is 0 Å². The first-order valence-corrected chi connectivity index (χ1v) is 12.8. The summed E-state index contributed by atoms with van der Waals surface area (Å²) < 4.78 is 48.1. The Bertz CT molecular complexity index is 1140. The summed E-state index contributed by atoms with van der Waals surface area (Å²) in [5.74, 6) is 0.314. The first-order valence-electron chi connectivity index (χ1n) is 10.6. The summed E-state index contributed by atoms with van der Waals surface area (Å²) >= 11 is 12.0. The second-order valence-electron chi connectivity index (χ2n) is 8.14. The van der Waals surface area contributed by atoms with Crippen LogP contribution in [0.25, 0.3) is 0 Å². The van der Waals surface area contributed by atoms with Crippen molar-refractivity contribution in [2.75, 3.05) is 38.2 Å². The number of sulfonamides is 1. The highest BCUT2D eigenvalue weighted by molar-refractivity contribution is 7.89. The lowest BCUT2D eigenvalue weighted by atomic mass is 10.0. The van der Waals surface area contributed by atoms with Crippen molar-refractivity contribution in [3.8, 4) is 0 Å². The minimum Gasteiger partial charge on any atom is -0.382 e. The summed E-state index contributed by atoms with van der Waals surface area (Å²) in [4.78, 5) is 16.6. The third-order valence-electron chi connectivity index (χ3n) is 5.87. The molecule has 2 fully saturated rings. The number of halogens is 3. The predicted octanol–water partition coefficient (Wildman–Crippen LogP) is 2.76.